The smallest absolute Gasteiger partial charge is 0.119 e. The van der Waals surface area contributed by atoms with Crippen molar-refractivity contribution in [1.29, 1.82) is 0 Å². The van der Waals surface area contributed by atoms with Gasteiger partial charge in [-0.25, -0.2) is 0 Å². The minimum Gasteiger partial charge on any atom is -0.508 e. The molecule has 0 bridgehead atoms. The van der Waals surface area contributed by atoms with E-state index in [1.54, 1.807) is 6.07 Å². The number of phenols is 1. The summed E-state index contributed by atoms with van der Waals surface area (Å²) in [5.41, 5.74) is 4.33. The van der Waals surface area contributed by atoms with Crippen molar-refractivity contribution >= 4 is 0 Å². The van der Waals surface area contributed by atoms with Gasteiger partial charge in [-0.05, 0) is 85.5 Å². The Morgan fingerprint density at radius 2 is 1.86 bits per heavy atom. The largest absolute Gasteiger partial charge is 0.508 e. The van der Waals surface area contributed by atoms with E-state index in [0.717, 1.165) is 44.8 Å². The van der Waals surface area contributed by atoms with E-state index < -0.39 is 0 Å². The summed E-state index contributed by atoms with van der Waals surface area (Å²) < 4.78 is 6.16. The van der Waals surface area contributed by atoms with Gasteiger partial charge in [0.25, 0.3) is 0 Å². The van der Waals surface area contributed by atoms with Crippen LogP contribution >= 0.6 is 0 Å². The van der Waals surface area contributed by atoms with Crippen molar-refractivity contribution in [3.63, 3.8) is 0 Å². The number of rotatable bonds is 7. The highest BCUT2D eigenvalue weighted by Gasteiger charge is 2.47. The zero-order chi connectivity index (χ0) is 20.3. The summed E-state index contributed by atoms with van der Waals surface area (Å²) in [6.07, 6.45) is 7.14. The minimum atomic E-state index is 0.265. The second kappa shape index (κ2) is 8.79. The molecule has 2 fully saturated rings. The molecule has 1 saturated carbocycles. The van der Waals surface area contributed by atoms with Crippen LogP contribution in [0.2, 0.25) is 0 Å². The summed E-state index contributed by atoms with van der Waals surface area (Å²) in [5, 5.41) is 9.98. The van der Waals surface area contributed by atoms with Crippen LogP contribution in [0.1, 0.15) is 56.2 Å². The van der Waals surface area contributed by atoms with Crippen molar-refractivity contribution in [1.82, 2.24) is 4.90 Å². The van der Waals surface area contributed by atoms with Gasteiger partial charge < -0.3 is 9.84 Å². The van der Waals surface area contributed by atoms with E-state index in [4.69, 9.17) is 4.74 Å². The average molecular weight is 394 g/mol. The van der Waals surface area contributed by atoms with Crippen LogP contribution in [0.5, 0.6) is 11.5 Å². The highest BCUT2D eigenvalue weighted by molar-refractivity contribution is 5.36. The van der Waals surface area contributed by atoms with Crippen LogP contribution in [0.3, 0.4) is 0 Å². The number of nitrogens with zero attached hydrogens (tertiary/aromatic N) is 1. The number of benzene rings is 2. The molecule has 2 aliphatic rings. The van der Waals surface area contributed by atoms with Crippen LogP contribution in [-0.2, 0) is 18.3 Å². The number of ether oxygens (including phenoxy) is 1. The van der Waals surface area contributed by atoms with Crippen molar-refractivity contribution in [2.45, 2.75) is 57.8 Å². The standard InChI is InChI=1S/C26H35NO2/c1-3-20-15-21(4-2)17-25(16-20)29-14-13-27-12-11-26(10-6-8-23(26)19-27)22-7-5-9-24(28)18-22/h5,7,9,15-18,23,28H,3-4,6,8,10-14,19H2,1-2H3. The summed E-state index contributed by atoms with van der Waals surface area (Å²) in [6.45, 7) is 8.41. The zero-order valence-corrected chi connectivity index (χ0v) is 18.0. The molecule has 1 aliphatic heterocycles. The topological polar surface area (TPSA) is 32.7 Å². The molecule has 1 heterocycles. The summed E-state index contributed by atoms with van der Waals surface area (Å²) in [5.74, 6) is 2.11. The highest BCUT2D eigenvalue weighted by Crippen LogP contribution is 2.51. The van der Waals surface area contributed by atoms with Gasteiger partial charge >= 0.3 is 0 Å². The van der Waals surface area contributed by atoms with Gasteiger partial charge in [0, 0.05) is 18.5 Å². The van der Waals surface area contributed by atoms with Crippen LogP contribution in [0.15, 0.2) is 42.5 Å². The van der Waals surface area contributed by atoms with Crippen LogP contribution < -0.4 is 4.74 Å². The number of aryl methyl sites for hydroxylation is 2. The zero-order valence-electron chi connectivity index (χ0n) is 18.0. The van der Waals surface area contributed by atoms with Crippen molar-refractivity contribution in [3.8, 4) is 11.5 Å². The Bertz CT molecular complexity index is 811. The SMILES string of the molecule is CCc1cc(CC)cc(OCCN2CCC3(c4cccc(O)c4)CCCC3C2)c1. The lowest BCUT2D eigenvalue weighted by Gasteiger charge is -2.45. The molecular formula is C26H35NO2. The van der Waals surface area contributed by atoms with Gasteiger partial charge in [-0.2, -0.15) is 0 Å². The molecule has 2 aromatic carbocycles. The van der Waals surface area contributed by atoms with Crippen LogP contribution in [-0.4, -0.2) is 36.2 Å². The predicted octanol–water partition coefficient (Wildman–Crippen LogP) is 5.34. The monoisotopic (exact) mass is 393 g/mol. The first-order chi connectivity index (χ1) is 14.1. The first kappa shape index (κ1) is 20.3. The van der Waals surface area contributed by atoms with Crippen LogP contribution in [0, 0.1) is 5.92 Å². The summed E-state index contributed by atoms with van der Waals surface area (Å²) in [6, 6.07) is 14.7. The maximum Gasteiger partial charge on any atom is 0.119 e. The molecule has 0 amide bonds. The molecule has 4 rings (SSSR count). The molecule has 2 atom stereocenters. The van der Waals surface area contributed by atoms with Gasteiger partial charge in [0.15, 0.2) is 0 Å². The quantitative estimate of drug-likeness (QED) is 0.689. The Morgan fingerprint density at radius 1 is 1.07 bits per heavy atom. The molecule has 3 nitrogen and oxygen atoms in total. The van der Waals surface area contributed by atoms with Crippen LogP contribution in [0.25, 0.3) is 0 Å². The Labute approximate surface area is 175 Å². The average Bonchev–Trinajstić information content (AvgIpc) is 3.18. The fourth-order valence-electron chi connectivity index (χ4n) is 5.56. The molecule has 0 aromatic heterocycles. The van der Waals surface area contributed by atoms with Gasteiger partial charge in [-0.3, -0.25) is 4.90 Å². The second-order valence-corrected chi connectivity index (χ2v) is 8.89. The molecule has 2 aromatic rings. The maximum atomic E-state index is 9.98. The maximum absolute atomic E-state index is 9.98. The normalized spacial score (nSPS) is 24.4. The minimum absolute atomic E-state index is 0.265. The van der Waals surface area contributed by atoms with E-state index in [0.29, 0.717) is 11.7 Å². The number of likely N-dealkylation sites (tertiary alicyclic amines) is 1. The van der Waals surface area contributed by atoms with Gasteiger partial charge in [0.2, 0.25) is 0 Å². The summed E-state index contributed by atoms with van der Waals surface area (Å²) in [4.78, 5) is 2.58. The third-order valence-corrected chi connectivity index (χ3v) is 7.25. The summed E-state index contributed by atoms with van der Waals surface area (Å²) >= 11 is 0. The molecule has 3 heteroatoms. The number of hydrogen-bond donors (Lipinski definition) is 1. The summed E-state index contributed by atoms with van der Waals surface area (Å²) in [7, 11) is 0. The molecule has 1 saturated heterocycles. The highest BCUT2D eigenvalue weighted by atomic mass is 16.5. The lowest BCUT2D eigenvalue weighted by Crippen LogP contribution is -2.48. The number of fused-ring (bicyclic) bond motifs is 1. The Hall–Kier alpha value is -2.00. The van der Waals surface area contributed by atoms with Crippen molar-refractivity contribution in [3.05, 3.63) is 59.2 Å². The molecule has 0 spiro atoms. The lowest BCUT2D eigenvalue weighted by atomic mass is 9.67. The van der Waals surface area contributed by atoms with E-state index in [9.17, 15) is 5.11 Å². The first-order valence-corrected chi connectivity index (χ1v) is 11.4. The molecule has 1 N–H and O–H groups in total. The molecule has 156 valence electrons. The molecule has 2 unspecified atom stereocenters. The lowest BCUT2D eigenvalue weighted by molar-refractivity contribution is 0.0969. The molecule has 29 heavy (non-hydrogen) atoms. The van der Waals surface area contributed by atoms with Crippen LogP contribution in [0.4, 0.5) is 0 Å². The van der Waals surface area contributed by atoms with E-state index in [2.05, 4.69) is 43.0 Å². The van der Waals surface area contributed by atoms with E-state index in [1.807, 2.05) is 12.1 Å². The van der Waals surface area contributed by atoms with Crippen molar-refractivity contribution < 1.29 is 9.84 Å². The Kier molecular flexibility index (Phi) is 6.15. The fourth-order valence-corrected chi connectivity index (χ4v) is 5.56. The number of hydrogen-bond acceptors (Lipinski definition) is 3. The molecule has 0 radical (unpaired) electrons. The van der Waals surface area contributed by atoms with Gasteiger partial charge in [-0.15, -0.1) is 0 Å². The predicted molar refractivity (Wildman–Crippen MR) is 119 cm³/mol. The number of aromatic hydroxyl groups is 1. The third-order valence-electron chi connectivity index (χ3n) is 7.25. The molecular weight excluding hydrogens is 358 g/mol. The number of piperidine rings is 1. The Morgan fingerprint density at radius 3 is 2.59 bits per heavy atom. The van der Waals surface area contributed by atoms with E-state index in [-0.39, 0.29) is 5.41 Å². The molecule has 1 aliphatic carbocycles. The van der Waals surface area contributed by atoms with E-state index in [1.165, 1.54) is 42.4 Å². The van der Waals surface area contributed by atoms with Gasteiger partial charge in [0.05, 0.1) is 0 Å². The third kappa shape index (κ3) is 4.30. The van der Waals surface area contributed by atoms with Crippen molar-refractivity contribution in [2.24, 2.45) is 5.92 Å². The first-order valence-electron chi connectivity index (χ1n) is 11.4. The van der Waals surface area contributed by atoms with Gasteiger partial charge in [0.1, 0.15) is 18.1 Å². The number of phenolic OH excluding ortho intramolecular Hbond substituents is 1. The van der Waals surface area contributed by atoms with Crippen molar-refractivity contribution in [2.75, 3.05) is 26.2 Å². The second-order valence-electron chi connectivity index (χ2n) is 8.89. The van der Waals surface area contributed by atoms with Gasteiger partial charge in [-0.1, -0.05) is 38.5 Å². The fraction of sp³-hybridized carbons (Fsp3) is 0.538. The Balaban J connectivity index is 1.36. The van der Waals surface area contributed by atoms with E-state index >= 15 is 0 Å².